The average Bonchev–Trinajstić information content (AvgIpc) is 2.96. The number of nitrogens with zero attached hydrogens (tertiary/aromatic N) is 1. The number of aromatic amines is 1. The molecular weight excluding hydrogens is 483 g/mol. The van der Waals surface area contributed by atoms with E-state index in [-0.39, 0.29) is 6.10 Å². The number of hydrogen-bond acceptors (Lipinski definition) is 6. The molecule has 142 valence electrons. The van der Waals surface area contributed by atoms with Crippen molar-refractivity contribution in [3.63, 3.8) is 0 Å². The van der Waals surface area contributed by atoms with Crippen LogP contribution in [-0.2, 0) is 9.47 Å². The number of rotatable bonds is 4. The Morgan fingerprint density at radius 1 is 1.33 bits per heavy atom. The summed E-state index contributed by atoms with van der Waals surface area (Å²) in [5.41, 5.74) is -0.502. The molecule has 0 aliphatic carbocycles. The van der Waals surface area contributed by atoms with E-state index in [0.29, 0.717) is 9.99 Å². The molecule has 4 rings (SSSR count). The Morgan fingerprint density at radius 3 is 2.67 bits per heavy atom. The smallest absolute Gasteiger partial charge is 0.338 e. The van der Waals surface area contributed by atoms with Gasteiger partial charge in [0.05, 0.1) is 5.56 Å². The number of carbonyl (C=O) groups is 1. The number of carbonyl (C=O) groups excluding carboxylic acids is 1. The maximum atomic E-state index is 12.6. The zero-order valence-electron chi connectivity index (χ0n) is 14.2. The third-order valence-electron chi connectivity index (χ3n) is 4.90. The number of ether oxygens (including phenoxy) is 2. The third kappa shape index (κ3) is 3.25. The monoisotopic (exact) mass is 500 g/mol. The fourth-order valence-corrected chi connectivity index (χ4v) is 5.55. The lowest BCUT2D eigenvalue weighted by atomic mass is 9.94. The normalized spacial score (nSPS) is 29.4. The lowest BCUT2D eigenvalue weighted by Crippen LogP contribution is -2.53. The number of hydrogen-bond donors (Lipinski definition) is 1. The number of thioether (sulfide) groups is 1. The van der Waals surface area contributed by atoms with Gasteiger partial charge in [0.1, 0.15) is 17.0 Å². The van der Waals surface area contributed by atoms with E-state index >= 15 is 0 Å². The van der Waals surface area contributed by atoms with E-state index in [1.807, 2.05) is 6.07 Å². The molecule has 0 radical (unpaired) electrons. The van der Waals surface area contributed by atoms with Gasteiger partial charge in [0, 0.05) is 16.7 Å². The van der Waals surface area contributed by atoms with Crippen LogP contribution in [0.15, 0.2) is 52.2 Å². The van der Waals surface area contributed by atoms with E-state index in [1.54, 1.807) is 36.0 Å². The Balaban J connectivity index is 1.68. The first-order valence-electron chi connectivity index (χ1n) is 8.48. The van der Waals surface area contributed by atoms with Crippen LogP contribution in [0.25, 0.3) is 0 Å². The van der Waals surface area contributed by atoms with Crippen LogP contribution in [0.5, 0.6) is 0 Å². The number of esters is 1. The molecule has 0 unspecified atom stereocenters. The quantitative estimate of drug-likeness (QED) is 0.393. The summed E-state index contributed by atoms with van der Waals surface area (Å²) in [6, 6.07) is 10.1. The number of H-pyrrole nitrogens is 1. The van der Waals surface area contributed by atoms with E-state index in [1.165, 1.54) is 16.8 Å². The van der Waals surface area contributed by atoms with Gasteiger partial charge in [-0.25, -0.2) is 9.59 Å². The van der Waals surface area contributed by atoms with E-state index in [0.717, 1.165) is 12.2 Å². The van der Waals surface area contributed by atoms with Gasteiger partial charge < -0.3 is 9.47 Å². The van der Waals surface area contributed by atoms with Crippen LogP contribution in [-0.4, -0.2) is 42.7 Å². The predicted octanol–water partition coefficient (Wildman–Crippen LogP) is 1.97. The van der Waals surface area contributed by atoms with Crippen LogP contribution in [0.4, 0.5) is 0 Å². The van der Waals surface area contributed by atoms with E-state index in [9.17, 15) is 14.4 Å². The van der Waals surface area contributed by atoms with E-state index < -0.39 is 34.3 Å². The second kappa shape index (κ2) is 7.44. The van der Waals surface area contributed by atoms with Crippen LogP contribution in [0.1, 0.15) is 23.0 Å². The second-order valence-electron chi connectivity index (χ2n) is 6.44. The van der Waals surface area contributed by atoms with E-state index in [2.05, 4.69) is 27.6 Å². The molecule has 2 fully saturated rings. The van der Waals surface area contributed by atoms with Crippen molar-refractivity contribution in [2.75, 3.05) is 10.2 Å². The van der Waals surface area contributed by atoms with Crippen LogP contribution in [0.3, 0.4) is 0 Å². The highest BCUT2D eigenvalue weighted by Crippen LogP contribution is 2.57. The molecular formula is C18H17IN2O5S. The number of alkyl halides is 1. The summed E-state index contributed by atoms with van der Waals surface area (Å²) >= 11 is 3.83. The molecule has 1 spiro atoms. The molecule has 7 nitrogen and oxygen atoms in total. The largest absolute Gasteiger partial charge is 0.454 e. The Morgan fingerprint density at radius 2 is 2.07 bits per heavy atom. The SMILES string of the molecule is O=C(O[C@@H]1[C@@H](CI)O[C@@H](n2ccc(=O)[nH]c2=O)[C@@]12CCS2)c1ccccc1. The minimum Gasteiger partial charge on any atom is -0.454 e. The zero-order valence-corrected chi connectivity index (χ0v) is 17.1. The fourth-order valence-electron chi connectivity index (χ4n) is 3.53. The Bertz CT molecular complexity index is 956. The number of nitrogens with one attached hydrogen (secondary N) is 1. The van der Waals surface area contributed by atoms with Gasteiger partial charge in [0.25, 0.3) is 5.56 Å². The lowest BCUT2D eigenvalue weighted by Gasteiger charge is -2.44. The van der Waals surface area contributed by atoms with Crippen LogP contribution >= 0.6 is 34.4 Å². The van der Waals surface area contributed by atoms with E-state index in [4.69, 9.17) is 9.47 Å². The van der Waals surface area contributed by atoms with Crippen molar-refractivity contribution in [2.45, 2.75) is 29.6 Å². The lowest BCUT2D eigenvalue weighted by molar-refractivity contribution is -0.0181. The van der Waals surface area contributed by atoms with Crippen molar-refractivity contribution >= 4 is 40.3 Å². The Labute approximate surface area is 172 Å². The molecule has 3 heterocycles. The zero-order chi connectivity index (χ0) is 19.0. The van der Waals surface area contributed by atoms with Crippen molar-refractivity contribution in [3.05, 3.63) is 69.0 Å². The number of aromatic nitrogens is 2. The molecule has 27 heavy (non-hydrogen) atoms. The molecule has 2 saturated heterocycles. The first-order chi connectivity index (χ1) is 13.0. The number of benzene rings is 1. The highest BCUT2D eigenvalue weighted by Gasteiger charge is 2.63. The van der Waals surface area contributed by atoms with Gasteiger partial charge in [-0.05, 0) is 24.3 Å². The molecule has 0 bridgehead atoms. The predicted molar refractivity (Wildman–Crippen MR) is 110 cm³/mol. The standard InChI is InChI=1S/C18H17IN2O5S/c19-10-12-14(26-15(23)11-4-2-1-3-5-11)18(7-9-27-18)16(25-12)21-8-6-13(22)20-17(21)24/h1-6,8,12,14,16H,7,9-10H2,(H,20,22,24)/t12-,14-,16-,18-/m1/s1. The minimum atomic E-state index is -0.603. The van der Waals surface area contributed by atoms with Crippen molar-refractivity contribution in [3.8, 4) is 0 Å². The highest BCUT2D eigenvalue weighted by molar-refractivity contribution is 14.1. The summed E-state index contributed by atoms with van der Waals surface area (Å²) in [5, 5.41) is 0. The topological polar surface area (TPSA) is 90.4 Å². The van der Waals surface area contributed by atoms with Gasteiger partial charge >= 0.3 is 11.7 Å². The first-order valence-corrected chi connectivity index (χ1v) is 11.0. The van der Waals surface area contributed by atoms with Gasteiger partial charge in [-0.15, -0.1) is 11.8 Å². The van der Waals surface area contributed by atoms with Crippen LogP contribution < -0.4 is 11.2 Å². The molecule has 4 atom stereocenters. The summed E-state index contributed by atoms with van der Waals surface area (Å²) in [4.78, 5) is 38.6. The molecule has 2 aromatic rings. The molecule has 2 aliphatic heterocycles. The molecule has 9 heteroatoms. The summed E-state index contributed by atoms with van der Waals surface area (Å²) in [6.07, 6.45) is 0.778. The minimum absolute atomic E-state index is 0.338. The van der Waals surface area contributed by atoms with Crippen molar-refractivity contribution in [1.29, 1.82) is 0 Å². The molecule has 1 aromatic carbocycles. The molecule has 2 aliphatic rings. The maximum Gasteiger partial charge on any atom is 0.338 e. The summed E-state index contributed by atoms with van der Waals surface area (Å²) in [7, 11) is 0. The highest BCUT2D eigenvalue weighted by atomic mass is 127. The van der Waals surface area contributed by atoms with Gasteiger partial charge in [0.2, 0.25) is 0 Å². The fraction of sp³-hybridized carbons (Fsp3) is 0.389. The Hall–Kier alpha value is -1.59. The summed E-state index contributed by atoms with van der Waals surface area (Å²) in [5.74, 6) is 0.492. The molecule has 0 saturated carbocycles. The van der Waals surface area contributed by atoms with Crippen molar-refractivity contribution in [1.82, 2.24) is 9.55 Å². The molecule has 0 amide bonds. The maximum absolute atomic E-state index is 12.6. The number of halogens is 1. The van der Waals surface area contributed by atoms with Gasteiger partial charge in [-0.2, -0.15) is 0 Å². The molecule has 1 N–H and O–H groups in total. The first kappa shape index (κ1) is 18.8. The summed E-state index contributed by atoms with van der Waals surface area (Å²) < 4.78 is 13.5. The van der Waals surface area contributed by atoms with Crippen LogP contribution in [0.2, 0.25) is 0 Å². The van der Waals surface area contributed by atoms with Gasteiger partial charge in [-0.1, -0.05) is 40.8 Å². The average molecular weight is 500 g/mol. The Kier molecular flexibility index (Phi) is 5.17. The van der Waals surface area contributed by atoms with Crippen LogP contribution in [0, 0.1) is 0 Å². The molecule has 1 aromatic heterocycles. The third-order valence-corrected chi connectivity index (χ3v) is 7.36. The van der Waals surface area contributed by atoms with Crippen molar-refractivity contribution < 1.29 is 14.3 Å². The second-order valence-corrected chi connectivity index (χ2v) is 8.78. The summed E-state index contributed by atoms with van der Waals surface area (Å²) in [6.45, 7) is 0. The van der Waals surface area contributed by atoms with Gasteiger partial charge in [0.15, 0.2) is 6.23 Å². The van der Waals surface area contributed by atoms with Crippen molar-refractivity contribution in [2.24, 2.45) is 0 Å². The van der Waals surface area contributed by atoms with Gasteiger partial charge in [-0.3, -0.25) is 14.3 Å².